The molecule has 33 heavy (non-hydrogen) atoms. The Bertz CT molecular complexity index is 816. The van der Waals surface area contributed by atoms with Crippen molar-refractivity contribution in [1.29, 1.82) is 0 Å². The summed E-state index contributed by atoms with van der Waals surface area (Å²) in [6, 6.07) is -0.189. The molecule has 3 unspecified atom stereocenters. The highest BCUT2D eigenvalue weighted by atomic mass is 35.6. The molecule has 4 saturated carbocycles. The highest BCUT2D eigenvalue weighted by molar-refractivity contribution is 6.67. The number of ether oxygens (including phenoxy) is 2. The smallest absolute Gasteiger partial charge is 0.407 e. The highest BCUT2D eigenvalue weighted by Gasteiger charge is 2.64. The SMILES string of the molecule is COC(=O)C1CC[C@H]2[C@@H]3CCC4CC(=O)CC[C@]4(C)[C@@H]3C(NC(=O)OCC(Cl)(Cl)Cl)C[C@]12C. The van der Waals surface area contributed by atoms with Gasteiger partial charge in [-0.05, 0) is 73.0 Å². The van der Waals surface area contributed by atoms with Crippen LogP contribution in [-0.4, -0.2) is 41.4 Å². The minimum atomic E-state index is -1.68. The van der Waals surface area contributed by atoms with Crippen molar-refractivity contribution in [3.05, 3.63) is 0 Å². The van der Waals surface area contributed by atoms with Crippen LogP contribution in [0.3, 0.4) is 0 Å². The van der Waals surface area contributed by atoms with Crippen molar-refractivity contribution < 1.29 is 23.9 Å². The molecule has 4 aliphatic rings. The topological polar surface area (TPSA) is 81.7 Å². The number of alkyl carbamates (subject to hydrolysis) is 1. The van der Waals surface area contributed by atoms with Gasteiger partial charge in [-0.1, -0.05) is 48.7 Å². The Morgan fingerprint density at radius 3 is 2.52 bits per heavy atom. The number of alkyl halides is 3. The molecule has 0 aromatic rings. The second-order valence-corrected chi connectivity index (χ2v) is 13.6. The van der Waals surface area contributed by atoms with Crippen molar-refractivity contribution >= 4 is 52.6 Å². The van der Waals surface area contributed by atoms with Crippen molar-refractivity contribution in [2.24, 2.45) is 40.4 Å². The summed E-state index contributed by atoms with van der Waals surface area (Å²) >= 11 is 17.3. The van der Waals surface area contributed by atoms with Gasteiger partial charge in [0.15, 0.2) is 0 Å². The number of carbonyl (C=O) groups excluding carboxylic acids is 3. The van der Waals surface area contributed by atoms with Crippen LogP contribution in [-0.2, 0) is 19.1 Å². The molecule has 0 spiro atoms. The summed E-state index contributed by atoms with van der Waals surface area (Å²) in [5.74, 6) is 1.27. The Balaban J connectivity index is 1.65. The summed E-state index contributed by atoms with van der Waals surface area (Å²) < 4.78 is 8.70. The number of amides is 1. The average Bonchev–Trinajstić information content (AvgIpc) is 3.08. The third-order valence-electron chi connectivity index (χ3n) is 9.60. The van der Waals surface area contributed by atoms with Crippen molar-refractivity contribution in [3.63, 3.8) is 0 Å². The second-order valence-electron chi connectivity index (χ2n) is 11.1. The first kappa shape index (κ1) is 25.4. The van der Waals surface area contributed by atoms with Gasteiger partial charge in [0.1, 0.15) is 12.4 Å². The molecule has 0 bridgehead atoms. The lowest BCUT2D eigenvalue weighted by molar-refractivity contribution is -0.160. The van der Waals surface area contributed by atoms with Gasteiger partial charge in [0.05, 0.1) is 13.0 Å². The largest absolute Gasteiger partial charge is 0.469 e. The van der Waals surface area contributed by atoms with Crippen molar-refractivity contribution in [3.8, 4) is 0 Å². The lowest BCUT2D eigenvalue weighted by Crippen LogP contribution is -2.63. The van der Waals surface area contributed by atoms with Gasteiger partial charge < -0.3 is 14.8 Å². The number of hydrogen-bond donors (Lipinski definition) is 1. The highest BCUT2D eigenvalue weighted by Crippen LogP contribution is 2.67. The maximum atomic E-state index is 12.8. The normalized spacial score (nSPS) is 42.5. The quantitative estimate of drug-likeness (QED) is 0.393. The first-order valence-electron chi connectivity index (χ1n) is 12.0. The Labute approximate surface area is 210 Å². The van der Waals surface area contributed by atoms with Crippen LogP contribution >= 0.6 is 34.8 Å². The molecule has 186 valence electrons. The summed E-state index contributed by atoms with van der Waals surface area (Å²) in [5, 5.41) is 3.10. The average molecular weight is 523 g/mol. The minimum Gasteiger partial charge on any atom is -0.469 e. The Kier molecular flexibility index (Phi) is 6.96. The van der Waals surface area contributed by atoms with Crippen molar-refractivity contribution in [1.82, 2.24) is 5.32 Å². The van der Waals surface area contributed by atoms with E-state index in [2.05, 4.69) is 19.2 Å². The van der Waals surface area contributed by atoms with E-state index >= 15 is 0 Å². The van der Waals surface area contributed by atoms with E-state index in [1.54, 1.807) is 0 Å². The van der Waals surface area contributed by atoms with E-state index in [0.29, 0.717) is 42.8 Å². The summed E-state index contributed by atoms with van der Waals surface area (Å²) in [7, 11) is 1.44. The van der Waals surface area contributed by atoms with Gasteiger partial charge in [0, 0.05) is 18.9 Å². The Morgan fingerprint density at radius 1 is 1.12 bits per heavy atom. The van der Waals surface area contributed by atoms with E-state index in [0.717, 1.165) is 32.1 Å². The van der Waals surface area contributed by atoms with Gasteiger partial charge >= 0.3 is 12.1 Å². The Morgan fingerprint density at radius 2 is 1.85 bits per heavy atom. The van der Waals surface area contributed by atoms with E-state index < -0.39 is 9.89 Å². The molecule has 0 heterocycles. The molecular formula is C24H34Cl3NO5. The molecule has 1 N–H and O–H groups in total. The lowest BCUT2D eigenvalue weighted by atomic mass is 9.43. The summed E-state index contributed by atoms with van der Waals surface area (Å²) in [6.07, 6.45) is 5.92. The number of hydrogen-bond acceptors (Lipinski definition) is 5. The van der Waals surface area contributed by atoms with E-state index in [1.807, 2.05) is 0 Å². The van der Waals surface area contributed by atoms with Crippen LogP contribution in [0.4, 0.5) is 4.79 Å². The number of nitrogens with one attached hydrogen (secondary N) is 1. The predicted octanol–water partition coefficient (Wildman–Crippen LogP) is 5.46. The molecule has 0 aromatic heterocycles. The molecule has 0 radical (unpaired) electrons. The fourth-order valence-electron chi connectivity index (χ4n) is 8.24. The minimum absolute atomic E-state index is 0.0470. The van der Waals surface area contributed by atoms with Crippen LogP contribution in [0, 0.1) is 40.4 Å². The van der Waals surface area contributed by atoms with Gasteiger partial charge in [-0.15, -0.1) is 0 Å². The number of methoxy groups -OCH3 is 1. The third kappa shape index (κ3) is 4.61. The van der Waals surface area contributed by atoms with Crippen LogP contribution in [0.15, 0.2) is 0 Å². The summed E-state index contributed by atoms with van der Waals surface area (Å²) in [6.45, 7) is 4.14. The van der Waals surface area contributed by atoms with Crippen LogP contribution in [0.25, 0.3) is 0 Å². The third-order valence-corrected chi connectivity index (χ3v) is 9.92. The maximum Gasteiger partial charge on any atom is 0.407 e. The number of carbonyl (C=O) groups is 3. The zero-order valence-electron chi connectivity index (χ0n) is 19.5. The molecule has 4 aliphatic carbocycles. The molecule has 4 rings (SSSR count). The molecule has 4 fully saturated rings. The van der Waals surface area contributed by atoms with Crippen LogP contribution in [0.5, 0.6) is 0 Å². The first-order chi connectivity index (χ1) is 15.4. The lowest BCUT2D eigenvalue weighted by Gasteiger charge is -2.62. The van der Waals surface area contributed by atoms with Gasteiger partial charge in [-0.25, -0.2) is 4.79 Å². The molecule has 9 heteroatoms. The number of rotatable bonds is 3. The number of fused-ring (bicyclic) bond motifs is 5. The number of esters is 1. The molecule has 8 atom stereocenters. The molecule has 0 aliphatic heterocycles. The van der Waals surface area contributed by atoms with E-state index in [9.17, 15) is 14.4 Å². The predicted molar refractivity (Wildman–Crippen MR) is 126 cm³/mol. The second kappa shape index (κ2) is 9.05. The van der Waals surface area contributed by atoms with Gasteiger partial charge in [-0.3, -0.25) is 9.59 Å². The van der Waals surface area contributed by atoms with E-state index in [1.165, 1.54) is 7.11 Å². The molecule has 1 amide bonds. The van der Waals surface area contributed by atoms with Crippen LogP contribution < -0.4 is 5.32 Å². The van der Waals surface area contributed by atoms with E-state index in [4.69, 9.17) is 44.3 Å². The molecule has 0 saturated heterocycles. The monoisotopic (exact) mass is 521 g/mol. The van der Waals surface area contributed by atoms with Crippen molar-refractivity contribution in [2.45, 2.75) is 75.0 Å². The van der Waals surface area contributed by atoms with Crippen molar-refractivity contribution in [2.75, 3.05) is 13.7 Å². The fourth-order valence-corrected chi connectivity index (χ4v) is 8.40. The Hall–Kier alpha value is -0.720. The zero-order chi connectivity index (χ0) is 24.2. The van der Waals surface area contributed by atoms with E-state index in [-0.39, 0.29) is 41.3 Å². The molecule has 0 aromatic carbocycles. The van der Waals surface area contributed by atoms with Crippen LogP contribution in [0.2, 0.25) is 0 Å². The number of Topliss-reactive ketones (excluding diaryl/α,β-unsaturated/α-hetero) is 1. The maximum absolute atomic E-state index is 12.8. The summed E-state index contributed by atoms with van der Waals surface area (Å²) in [5.41, 5.74) is -0.316. The first-order valence-corrected chi connectivity index (χ1v) is 13.1. The number of halogens is 3. The zero-order valence-corrected chi connectivity index (χ0v) is 21.8. The fraction of sp³-hybridized carbons (Fsp3) is 0.875. The molecule has 6 nitrogen and oxygen atoms in total. The van der Waals surface area contributed by atoms with Gasteiger partial charge in [0.25, 0.3) is 0 Å². The van der Waals surface area contributed by atoms with Gasteiger partial charge in [-0.2, -0.15) is 0 Å². The number of ketones is 1. The van der Waals surface area contributed by atoms with Crippen LogP contribution in [0.1, 0.15) is 65.2 Å². The molecular weight excluding hydrogens is 489 g/mol. The standard InChI is InChI=1S/C24H34Cl3NO5/c1-22-9-8-14(29)10-13(22)4-5-15-16-6-7-17(20(30)32-3)23(16,2)11-18(19(15)22)28-21(31)33-12-24(25,26)27/h13,15-19H,4-12H2,1-3H3,(H,28,31)/t13?,15-,16-,17?,18?,19-,22-,23-/m0/s1. The summed E-state index contributed by atoms with van der Waals surface area (Å²) in [4.78, 5) is 37.7. The van der Waals surface area contributed by atoms with Gasteiger partial charge in [0.2, 0.25) is 3.79 Å².